The molecule has 1 saturated heterocycles. The Morgan fingerprint density at radius 3 is 3.06 bits per heavy atom. The van der Waals surface area contributed by atoms with Crippen LogP contribution in [0.4, 0.5) is 6.01 Å². The third-order valence-electron chi connectivity index (χ3n) is 2.77. The number of likely N-dealkylation sites (tertiary alicyclic amines) is 1. The minimum atomic E-state index is -0.174. The number of amides is 1. The van der Waals surface area contributed by atoms with Crippen LogP contribution in [0.1, 0.15) is 12.3 Å². The third-order valence-corrected chi connectivity index (χ3v) is 2.77. The molecular weight excluding hydrogens is 224 g/mol. The second-order valence-electron chi connectivity index (χ2n) is 4.25. The van der Waals surface area contributed by atoms with E-state index in [0.717, 1.165) is 19.5 Å². The molecule has 1 aliphatic rings. The van der Waals surface area contributed by atoms with Gasteiger partial charge in [-0.15, -0.1) is 5.10 Å². The number of carbonyl (C=O) groups excluding carboxylic acids is 1. The fourth-order valence-corrected chi connectivity index (χ4v) is 1.91. The van der Waals surface area contributed by atoms with E-state index in [4.69, 9.17) is 9.52 Å². The van der Waals surface area contributed by atoms with Crippen LogP contribution < -0.4 is 5.32 Å². The summed E-state index contributed by atoms with van der Waals surface area (Å²) < 4.78 is 5.05. The minimum Gasteiger partial charge on any atom is -0.408 e. The molecule has 1 unspecified atom stereocenters. The number of carbonyl (C=O) groups is 1. The molecule has 0 spiro atoms. The molecular formula is C10H16N4O3. The lowest BCUT2D eigenvalue weighted by Gasteiger charge is -2.13. The summed E-state index contributed by atoms with van der Waals surface area (Å²) in [6.45, 7) is 3.72. The van der Waals surface area contributed by atoms with Crippen LogP contribution in [0, 0.1) is 12.8 Å². The largest absolute Gasteiger partial charge is 0.408 e. The predicted octanol–water partition coefficient (Wildman–Crippen LogP) is -0.369. The van der Waals surface area contributed by atoms with E-state index in [-0.39, 0.29) is 31.0 Å². The lowest BCUT2D eigenvalue weighted by atomic mass is 10.1. The normalized spacial score (nSPS) is 20.7. The Kier molecular flexibility index (Phi) is 3.70. The van der Waals surface area contributed by atoms with Gasteiger partial charge < -0.3 is 9.52 Å². The van der Waals surface area contributed by atoms with Gasteiger partial charge in [-0.1, -0.05) is 5.10 Å². The zero-order chi connectivity index (χ0) is 12.3. The molecule has 2 N–H and O–H groups in total. The van der Waals surface area contributed by atoms with Gasteiger partial charge in [0.1, 0.15) is 0 Å². The lowest BCUT2D eigenvalue weighted by molar-refractivity contribution is -0.117. The SMILES string of the molecule is Cc1nnc(NC(=O)CN2CCC(CO)C2)o1. The van der Waals surface area contributed by atoms with Crippen LogP contribution in [0.15, 0.2) is 4.42 Å². The molecule has 1 atom stereocenters. The number of aliphatic hydroxyl groups is 1. The third kappa shape index (κ3) is 3.24. The summed E-state index contributed by atoms with van der Waals surface area (Å²) in [5, 5.41) is 18.8. The lowest BCUT2D eigenvalue weighted by Crippen LogP contribution is -2.32. The number of aromatic nitrogens is 2. The Bertz CT molecular complexity index is 393. The Labute approximate surface area is 98.8 Å². The topological polar surface area (TPSA) is 91.5 Å². The molecule has 1 amide bonds. The van der Waals surface area contributed by atoms with Crippen LogP contribution in [0.5, 0.6) is 0 Å². The van der Waals surface area contributed by atoms with Crippen molar-refractivity contribution in [3.8, 4) is 0 Å². The Hall–Kier alpha value is -1.47. The summed E-state index contributed by atoms with van der Waals surface area (Å²) in [6.07, 6.45) is 0.934. The average Bonchev–Trinajstić information content (AvgIpc) is 2.88. The maximum Gasteiger partial charge on any atom is 0.322 e. The Morgan fingerprint density at radius 2 is 2.47 bits per heavy atom. The van der Waals surface area contributed by atoms with Crippen molar-refractivity contribution in [3.05, 3.63) is 5.89 Å². The maximum atomic E-state index is 11.6. The first-order valence-corrected chi connectivity index (χ1v) is 5.60. The zero-order valence-electron chi connectivity index (χ0n) is 9.72. The van der Waals surface area contributed by atoms with Gasteiger partial charge in [0.05, 0.1) is 6.54 Å². The number of aryl methyl sites for hydroxylation is 1. The van der Waals surface area contributed by atoms with Crippen LogP contribution in [0.2, 0.25) is 0 Å². The molecule has 0 aromatic carbocycles. The van der Waals surface area contributed by atoms with Gasteiger partial charge in [-0.3, -0.25) is 15.0 Å². The molecule has 94 valence electrons. The number of nitrogens with one attached hydrogen (secondary N) is 1. The van der Waals surface area contributed by atoms with Crippen molar-refractivity contribution in [2.24, 2.45) is 5.92 Å². The molecule has 7 nitrogen and oxygen atoms in total. The van der Waals surface area contributed by atoms with Crippen molar-refractivity contribution in [3.63, 3.8) is 0 Å². The molecule has 1 fully saturated rings. The molecule has 2 heterocycles. The van der Waals surface area contributed by atoms with E-state index >= 15 is 0 Å². The molecule has 0 bridgehead atoms. The van der Waals surface area contributed by atoms with Crippen molar-refractivity contribution < 1.29 is 14.3 Å². The summed E-state index contributed by atoms with van der Waals surface area (Å²) in [4.78, 5) is 13.6. The van der Waals surface area contributed by atoms with Crippen molar-refractivity contribution in [1.82, 2.24) is 15.1 Å². The average molecular weight is 240 g/mol. The molecule has 1 aromatic rings. The Balaban J connectivity index is 1.78. The van der Waals surface area contributed by atoms with E-state index in [0.29, 0.717) is 5.89 Å². The molecule has 2 rings (SSSR count). The van der Waals surface area contributed by atoms with Crippen LogP contribution in [-0.4, -0.2) is 52.4 Å². The van der Waals surface area contributed by atoms with Crippen molar-refractivity contribution >= 4 is 11.9 Å². The van der Waals surface area contributed by atoms with Crippen molar-refractivity contribution in [2.45, 2.75) is 13.3 Å². The number of rotatable bonds is 4. The van der Waals surface area contributed by atoms with Gasteiger partial charge in [-0.2, -0.15) is 0 Å². The van der Waals surface area contributed by atoms with Crippen LogP contribution >= 0.6 is 0 Å². The van der Waals surface area contributed by atoms with Crippen molar-refractivity contribution in [1.29, 1.82) is 0 Å². The molecule has 1 aromatic heterocycles. The first-order chi connectivity index (χ1) is 8.17. The molecule has 1 aliphatic heterocycles. The first kappa shape index (κ1) is 12.0. The summed E-state index contributed by atoms with van der Waals surface area (Å²) in [5.74, 6) is 0.530. The van der Waals surface area contributed by atoms with E-state index in [1.54, 1.807) is 6.92 Å². The van der Waals surface area contributed by atoms with Crippen LogP contribution in [-0.2, 0) is 4.79 Å². The second kappa shape index (κ2) is 5.24. The predicted molar refractivity (Wildman–Crippen MR) is 59.3 cm³/mol. The number of aliphatic hydroxyl groups excluding tert-OH is 1. The van der Waals surface area contributed by atoms with Gasteiger partial charge in [0, 0.05) is 20.1 Å². The van der Waals surface area contributed by atoms with Crippen molar-refractivity contribution in [2.75, 3.05) is 31.6 Å². The van der Waals surface area contributed by atoms with Gasteiger partial charge in [0.25, 0.3) is 0 Å². The quantitative estimate of drug-likeness (QED) is 0.746. The van der Waals surface area contributed by atoms with E-state index in [1.165, 1.54) is 0 Å². The highest BCUT2D eigenvalue weighted by Crippen LogP contribution is 2.14. The summed E-state index contributed by atoms with van der Waals surface area (Å²) in [6, 6.07) is 0.130. The highest BCUT2D eigenvalue weighted by molar-refractivity contribution is 5.90. The standard InChI is InChI=1S/C10H16N4O3/c1-7-12-13-10(17-7)11-9(16)5-14-3-2-8(4-14)6-15/h8,15H,2-6H2,1H3,(H,11,13,16). The number of hydrogen-bond donors (Lipinski definition) is 2. The second-order valence-corrected chi connectivity index (χ2v) is 4.25. The van der Waals surface area contributed by atoms with Crippen LogP contribution in [0.25, 0.3) is 0 Å². The summed E-state index contributed by atoms with van der Waals surface area (Å²) in [5.41, 5.74) is 0. The van der Waals surface area contributed by atoms with Gasteiger partial charge in [-0.05, 0) is 18.9 Å². The van der Waals surface area contributed by atoms with Gasteiger partial charge in [0.15, 0.2) is 0 Å². The number of anilines is 1. The molecule has 0 aliphatic carbocycles. The molecule has 17 heavy (non-hydrogen) atoms. The zero-order valence-corrected chi connectivity index (χ0v) is 9.72. The summed E-state index contributed by atoms with van der Waals surface area (Å²) in [7, 11) is 0. The van der Waals surface area contributed by atoms with E-state index in [9.17, 15) is 4.79 Å². The fraction of sp³-hybridized carbons (Fsp3) is 0.700. The number of nitrogens with zero attached hydrogens (tertiary/aromatic N) is 3. The van der Waals surface area contributed by atoms with E-state index < -0.39 is 0 Å². The smallest absolute Gasteiger partial charge is 0.322 e. The maximum absolute atomic E-state index is 11.6. The van der Waals surface area contributed by atoms with Gasteiger partial charge in [0.2, 0.25) is 11.8 Å². The minimum absolute atomic E-state index is 0.130. The number of hydrogen-bond acceptors (Lipinski definition) is 6. The Morgan fingerprint density at radius 1 is 1.65 bits per heavy atom. The summed E-state index contributed by atoms with van der Waals surface area (Å²) >= 11 is 0. The highest BCUT2D eigenvalue weighted by atomic mass is 16.4. The van der Waals surface area contributed by atoms with Gasteiger partial charge in [-0.25, -0.2) is 0 Å². The highest BCUT2D eigenvalue weighted by Gasteiger charge is 2.23. The van der Waals surface area contributed by atoms with E-state index in [1.807, 2.05) is 4.90 Å². The monoisotopic (exact) mass is 240 g/mol. The molecule has 0 saturated carbocycles. The molecule has 0 radical (unpaired) electrons. The van der Waals surface area contributed by atoms with Crippen LogP contribution in [0.3, 0.4) is 0 Å². The first-order valence-electron chi connectivity index (χ1n) is 5.60. The molecule has 7 heteroatoms. The fourth-order valence-electron chi connectivity index (χ4n) is 1.91. The van der Waals surface area contributed by atoms with E-state index in [2.05, 4.69) is 15.5 Å². The van der Waals surface area contributed by atoms with Gasteiger partial charge >= 0.3 is 6.01 Å².